The lowest BCUT2D eigenvalue weighted by Gasteiger charge is -2.11. The van der Waals surface area contributed by atoms with Gasteiger partial charge in [-0.05, 0) is 30.4 Å². The highest BCUT2D eigenvalue weighted by atomic mass is 19.1. The van der Waals surface area contributed by atoms with Crippen molar-refractivity contribution in [2.45, 2.75) is 25.4 Å². The van der Waals surface area contributed by atoms with Crippen molar-refractivity contribution in [3.05, 3.63) is 24.0 Å². The number of rotatable bonds is 5. The molecule has 0 bridgehead atoms. The standard InChI is InChI=1S/C12H16BFO4/c14-10-6-9(13(15)16)7-12(8-10)18-5-3-11-2-1-4-17-11/h6-8,11,15-16H,1-5H2. The summed E-state index contributed by atoms with van der Waals surface area (Å²) in [5.41, 5.74) is 0.0853. The third kappa shape index (κ3) is 3.70. The summed E-state index contributed by atoms with van der Waals surface area (Å²) in [4.78, 5) is 0. The van der Waals surface area contributed by atoms with Crippen LogP contribution in [0.15, 0.2) is 18.2 Å². The van der Waals surface area contributed by atoms with Crippen LogP contribution in [0.25, 0.3) is 0 Å². The van der Waals surface area contributed by atoms with Crippen LogP contribution in [-0.2, 0) is 4.74 Å². The van der Waals surface area contributed by atoms with Crippen LogP contribution in [0.5, 0.6) is 5.75 Å². The Balaban J connectivity index is 1.88. The second kappa shape index (κ2) is 6.18. The summed E-state index contributed by atoms with van der Waals surface area (Å²) >= 11 is 0. The third-order valence-corrected chi connectivity index (χ3v) is 2.92. The molecule has 2 N–H and O–H groups in total. The van der Waals surface area contributed by atoms with Gasteiger partial charge in [-0.25, -0.2) is 4.39 Å². The molecule has 0 radical (unpaired) electrons. The number of halogens is 1. The van der Waals surface area contributed by atoms with Gasteiger partial charge in [0.15, 0.2) is 0 Å². The molecule has 1 saturated heterocycles. The van der Waals surface area contributed by atoms with Gasteiger partial charge in [-0.1, -0.05) is 0 Å². The van der Waals surface area contributed by atoms with Crippen molar-refractivity contribution >= 4 is 12.6 Å². The molecule has 0 spiro atoms. The van der Waals surface area contributed by atoms with Gasteiger partial charge in [-0.2, -0.15) is 0 Å². The second-order valence-corrected chi connectivity index (χ2v) is 4.37. The molecule has 6 heteroatoms. The molecule has 1 unspecified atom stereocenters. The Morgan fingerprint density at radius 1 is 1.39 bits per heavy atom. The molecule has 1 aromatic rings. The highest BCUT2D eigenvalue weighted by molar-refractivity contribution is 6.58. The summed E-state index contributed by atoms with van der Waals surface area (Å²) in [7, 11) is -1.69. The van der Waals surface area contributed by atoms with Gasteiger partial charge in [-0.15, -0.1) is 0 Å². The van der Waals surface area contributed by atoms with Crippen LogP contribution >= 0.6 is 0 Å². The molecule has 0 aliphatic carbocycles. The Morgan fingerprint density at radius 3 is 2.89 bits per heavy atom. The molecule has 18 heavy (non-hydrogen) atoms. The van der Waals surface area contributed by atoms with E-state index in [0.29, 0.717) is 12.4 Å². The van der Waals surface area contributed by atoms with Gasteiger partial charge in [-0.3, -0.25) is 0 Å². The summed E-state index contributed by atoms with van der Waals surface area (Å²) in [5, 5.41) is 18.0. The molecule has 1 aromatic carbocycles. The maximum atomic E-state index is 13.2. The summed E-state index contributed by atoms with van der Waals surface area (Å²) in [6, 6.07) is 3.71. The lowest BCUT2D eigenvalue weighted by Crippen LogP contribution is -2.30. The fraction of sp³-hybridized carbons (Fsp3) is 0.500. The van der Waals surface area contributed by atoms with Crippen LogP contribution in [0, 0.1) is 5.82 Å². The van der Waals surface area contributed by atoms with Crippen molar-refractivity contribution in [1.29, 1.82) is 0 Å². The number of ether oxygens (including phenoxy) is 2. The van der Waals surface area contributed by atoms with E-state index in [1.165, 1.54) is 12.1 Å². The van der Waals surface area contributed by atoms with Crippen LogP contribution in [0.1, 0.15) is 19.3 Å². The number of hydrogen-bond donors (Lipinski definition) is 2. The van der Waals surface area contributed by atoms with E-state index < -0.39 is 12.9 Å². The van der Waals surface area contributed by atoms with Gasteiger partial charge in [0.05, 0.1) is 12.7 Å². The fourth-order valence-corrected chi connectivity index (χ4v) is 2.00. The van der Waals surface area contributed by atoms with Crippen LogP contribution in [0.2, 0.25) is 0 Å². The molecule has 0 aromatic heterocycles. The van der Waals surface area contributed by atoms with E-state index in [9.17, 15) is 4.39 Å². The van der Waals surface area contributed by atoms with Crippen molar-refractivity contribution in [3.8, 4) is 5.75 Å². The lowest BCUT2D eigenvalue weighted by molar-refractivity contribution is 0.0903. The van der Waals surface area contributed by atoms with Gasteiger partial charge < -0.3 is 19.5 Å². The van der Waals surface area contributed by atoms with Crippen molar-refractivity contribution in [2.24, 2.45) is 0 Å². The van der Waals surface area contributed by atoms with Gasteiger partial charge in [0.1, 0.15) is 11.6 Å². The first kappa shape index (κ1) is 13.3. The van der Waals surface area contributed by atoms with Crippen molar-refractivity contribution in [2.75, 3.05) is 13.2 Å². The summed E-state index contributed by atoms with van der Waals surface area (Å²) in [6.45, 7) is 1.22. The molecular formula is C12H16BFO4. The molecule has 1 aliphatic rings. The largest absolute Gasteiger partial charge is 0.493 e. The highest BCUT2D eigenvalue weighted by Crippen LogP contribution is 2.17. The normalized spacial score (nSPS) is 18.9. The molecule has 2 rings (SSSR count). The van der Waals surface area contributed by atoms with E-state index in [2.05, 4.69) is 0 Å². The van der Waals surface area contributed by atoms with Crippen LogP contribution in [0.4, 0.5) is 4.39 Å². The van der Waals surface area contributed by atoms with Crippen molar-refractivity contribution in [1.82, 2.24) is 0 Å². The Hall–Kier alpha value is -1.11. The monoisotopic (exact) mass is 254 g/mol. The van der Waals surface area contributed by atoms with Gasteiger partial charge in [0.25, 0.3) is 0 Å². The van der Waals surface area contributed by atoms with E-state index >= 15 is 0 Å². The van der Waals surface area contributed by atoms with Crippen LogP contribution < -0.4 is 10.2 Å². The molecule has 98 valence electrons. The van der Waals surface area contributed by atoms with Crippen LogP contribution in [0.3, 0.4) is 0 Å². The predicted molar refractivity (Wildman–Crippen MR) is 65.3 cm³/mol. The molecule has 1 fully saturated rings. The Labute approximate surface area is 105 Å². The summed E-state index contributed by atoms with van der Waals surface area (Å²) in [6.07, 6.45) is 3.09. The zero-order chi connectivity index (χ0) is 13.0. The minimum atomic E-state index is -1.69. The Kier molecular flexibility index (Phi) is 4.57. The predicted octanol–water partition coefficient (Wildman–Crippen LogP) is 0.453. The maximum Gasteiger partial charge on any atom is 0.488 e. The van der Waals surface area contributed by atoms with E-state index in [-0.39, 0.29) is 11.6 Å². The van der Waals surface area contributed by atoms with E-state index in [1.54, 1.807) is 0 Å². The molecule has 1 atom stereocenters. The Morgan fingerprint density at radius 2 is 2.22 bits per heavy atom. The second-order valence-electron chi connectivity index (χ2n) is 4.37. The summed E-state index contributed by atoms with van der Waals surface area (Å²) < 4.78 is 24.0. The molecular weight excluding hydrogens is 238 g/mol. The van der Waals surface area contributed by atoms with Gasteiger partial charge in [0, 0.05) is 19.1 Å². The van der Waals surface area contributed by atoms with Gasteiger partial charge >= 0.3 is 7.12 Å². The van der Waals surface area contributed by atoms with Crippen LogP contribution in [-0.4, -0.2) is 36.5 Å². The average molecular weight is 254 g/mol. The molecule has 1 heterocycles. The molecule has 0 saturated carbocycles. The van der Waals surface area contributed by atoms with Gasteiger partial charge in [0.2, 0.25) is 0 Å². The van der Waals surface area contributed by atoms with Crippen molar-refractivity contribution in [3.63, 3.8) is 0 Å². The first-order chi connectivity index (χ1) is 8.65. The lowest BCUT2D eigenvalue weighted by atomic mass is 9.80. The maximum absolute atomic E-state index is 13.2. The zero-order valence-electron chi connectivity index (χ0n) is 10.0. The number of benzene rings is 1. The minimum Gasteiger partial charge on any atom is -0.493 e. The zero-order valence-corrected chi connectivity index (χ0v) is 10.0. The fourth-order valence-electron chi connectivity index (χ4n) is 2.00. The quantitative estimate of drug-likeness (QED) is 0.749. The molecule has 0 amide bonds. The highest BCUT2D eigenvalue weighted by Gasteiger charge is 2.16. The SMILES string of the molecule is OB(O)c1cc(F)cc(OCCC2CCCO2)c1. The minimum absolute atomic E-state index is 0.0853. The first-order valence-electron chi connectivity index (χ1n) is 6.06. The third-order valence-electron chi connectivity index (χ3n) is 2.92. The molecule has 1 aliphatic heterocycles. The van der Waals surface area contributed by atoms with E-state index in [0.717, 1.165) is 31.9 Å². The Bertz CT molecular complexity index is 394. The van der Waals surface area contributed by atoms with E-state index in [1.807, 2.05) is 0 Å². The van der Waals surface area contributed by atoms with E-state index in [4.69, 9.17) is 19.5 Å². The average Bonchev–Trinajstić information content (AvgIpc) is 2.81. The first-order valence-corrected chi connectivity index (χ1v) is 6.06. The summed E-state index contributed by atoms with van der Waals surface area (Å²) in [5.74, 6) is -0.246. The number of hydrogen-bond acceptors (Lipinski definition) is 4. The smallest absolute Gasteiger partial charge is 0.488 e. The molecule has 4 nitrogen and oxygen atoms in total. The topological polar surface area (TPSA) is 58.9 Å². The van der Waals surface area contributed by atoms with Crippen molar-refractivity contribution < 1.29 is 23.9 Å².